The molecule has 0 bridgehead atoms. The number of hydrogen-bond acceptors (Lipinski definition) is 2. The van der Waals surface area contributed by atoms with E-state index in [1.807, 2.05) is 13.8 Å². The molecule has 3 nitrogen and oxygen atoms in total. The number of nitrogens with two attached hydrogens (primary N) is 1. The molecular formula is C11H22N2O. The lowest BCUT2D eigenvalue weighted by Gasteiger charge is -2.33. The Balaban J connectivity index is 2.58. The lowest BCUT2D eigenvalue weighted by Crippen LogP contribution is -2.48. The molecule has 0 aliphatic heterocycles. The first-order chi connectivity index (χ1) is 6.52. The van der Waals surface area contributed by atoms with Gasteiger partial charge in [-0.15, -0.1) is 0 Å². The first kappa shape index (κ1) is 11.5. The molecule has 0 radical (unpaired) electrons. The third-order valence-corrected chi connectivity index (χ3v) is 3.00. The molecule has 14 heavy (non-hydrogen) atoms. The second-order valence-electron chi connectivity index (χ2n) is 4.76. The molecule has 1 aliphatic rings. The van der Waals surface area contributed by atoms with Crippen LogP contribution in [0.1, 0.15) is 40.0 Å². The normalized spacial score (nSPS) is 33.1. The summed E-state index contributed by atoms with van der Waals surface area (Å²) in [6, 6.07) is 0.265. The monoisotopic (exact) mass is 198 g/mol. The van der Waals surface area contributed by atoms with Crippen LogP contribution in [0.5, 0.6) is 0 Å². The highest BCUT2D eigenvalue weighted by Crippen LogP contribution is 2.28. The van der Waals surface area contributed by atoms with E-state index in [2.05, 4.69) is 12.2 Å². The van der Waals surface area contributed by atoms with Crippen molar-refractivity contribution in [3.05, 3.63) is 0 Å². The SMILES string of the molecule is CC(C)NC(=O)C1C(C)CCCC1N. The van der Waals surface area contributed by atoms with Crippen molar-refractivity contribution in [3.63, 3.8) is 0 Å². The molecule has 1 saturated carbocycles. The number of carbonyl (C=O) groups excluding carboxylic acids is 1. The van der Waals surface area contributed by atoms with E-state index >= 15 is 0 Å². The van der Waals surface area contributed by atoms with E-state index in [-0.39, 0.29) is 23.9 Å². The summed E-state index contributed by atoms with van der Waals surface area (Å²) < 4.78 is 0. The molecular weight excluding hydrogens is 176 g/mol. The molecule has 0 saturated heterocycles. The average molecular weight is 198 g/mol. The van der Waals surface area contributed by atoms with Crippen molar-refractivity contribution in [2.24, 2.45) is 17.6 Å². The zero-order valence-corrected chi connectivity index (χ0v) is 9.42. The number of rotatable bonds is 2. The zero-order chi connectivity index (χ0) is 10.7. The summed E-state index contributed by atoms with van der Waals surface area (Å²) in [5.74, 6) is 0.586. The van der Waals surface area contributed by atoms with Crippen LogP contribution in [0.15, 0.2) is 0 Å². The van der Waals surface area contributed by atoms with Crippen LogP contribution >= 0.6 is 0 Å². The van der Waals surface area contributed by atoms with E-state index in [1.54, 1.807) is 0 Å². The van der Waals surface area contributed by atoms with Crippen molar-refractivity contribution in [2.75, 3.05) is 0 Å². The van der Waals surface area contributed by atoms with Gasteiger partial charge in [-0.05, 0) is 32.6 Å². The van der Waals surface area contributed by atoms with Crippen molar-refractivity contribution < 1.29 is 4.79 Å². The van der Waals surface area contributed by atoms with Crippen LogP contribution in [0, 0.1) is 11.8 Å². The van der Waals surface area contributed by atoms with Gasteiger partial charge in [0.1, 0.15) is 0 Å². The zero-order valence-electron chi connectivity index (χ0n) is 9.42. The predicted octanol–water partition coefficient (Wildman–Crippen LogP) is 1.27. The summed E-state index contributed by atoms with van der Waals surface area (Å²) in [5.41, 5.74) is 5.99. The lowest BCUT2D eigenvalue weighted by atomic mass is 9.76. The molecule has 3 atom stereocenters. The minimum atomic E-state index is 0.0196. The van der Waals surface area contributed by atoms with Crippen molar-refractivity contribution >= 4 is 5.91 Å². The third-order valence-electron chi connectivity index (χ3n) is 3.00. The van der Waals surface area contributed by atoms with E-state index in [4.69, 9.17) is 5.73 Å². The van der Waals surface area contributed by atoms with Gasteiger partial charge in [0.2, 0.25) is 5.91 Å². The molecule has 1 rings (SSSR count). The van der Waals surface area contributed by atoms with E-state index in [0.717, 1.165) is 19.3 Å². The highest BCUT2D eigenvalue weighted by Gasteiger charge is 2.33. The van der Waals surface area contributed by atoms with Gasteiger partial charge in [0.25, 0.3) is 0 Å². The summed E-state index contributed by atoms with van der Waals surface area (Å²) >= 11 is 0. The molecule has 82 valence electrons. The molecule has 0 aromatic carbocycles. The Morgan fingerprint density at radius 3 is 2.57 bits per heavy atom. The highest BCUT2D eigenvalue weighted by molar-refractivity contribution is 5.80. The van der Waals surface area contributed by atoms with E-state index in [0.29, 0.717) is 5.92 Å². The molecule has 1 amide bonds. The van der Waals surface area contributed by atoms with Gasteiger partial charge in [-0.2, -0.15) is 0 Å². The van der Waals surface area contributed by atoms with E-state index in [1.165, 1.54) is 0 Å². The van der Waals surface area contributed by atoms with Crippen molar-refractivity contribution in [3.8, 4) is 0 Å². The molecule has 0 heterocycles. The van der Waals surface area contributed by atoms with E-state index < -0.39 is 0 Å². The summed E-state index contributed by atoms with van der Waals surface area (Å²) in [4.78, 5) is 11.8. The van der Waals surface area contributed by atoms with Crippen LogP contribution in [-0.2, 0) is 4.79 Å². The molecule has 3 heteroatoms. The van der Waals surface area contributed by atoms with Crippen molar-refractivity contribution in [1.29, 1.82) is 0 Å². The maximum Gasteiger partial charge on any atom is 0.225 e. The van der Waals surface area contributed by atoms with Crippen LogP contribution in [0.2, 0.25) is 0 Å². The Labute approximate surface area is 86.4 Å². The fraction of sp³-hybridized carbons (Fsp3) is 0.909. The van der Waals surface area contributed by atoms with E-state index in [9.17, 15) is 4.79 Å². The van der Waals surface area contributed by atoms with Crippen LogP contribution < -0.4 is 11.1 Å². The van der Waals surface area contributed by atoms with Gasteiger partial charge in [-0.3, -0.25) is 4.79 Å². The predicted molar refractivity (Wildman–Crippen MR) is 57.8 cm³/mol. The Morgan fingerprint density at radius 2 is 2.07 bits per heavy atom. The van der Waals surface area contributed by atoms with Gasteiger partial charge in [-0.1, -0.05) is 13.3 Å². The average Bonchev–Trinajstić information content (AvgIpc) is 2.01. The second-order valence-corrected chi connectivity index (χ2v) is 4.76. The largest absolute Gasteiger partial charge is 0.354 e. The fourth-order valence-corrected chi connectivity index (χ4v) is 2.29. The van der Waals surface area contributed by atoms with Gasteiger partial charge in [0.05, 0.1) is 5.92 Å². The van der Waals surface area contributed by atoms with Crippen LogP contribution in [0.3, 0.4) is 0 Å². The Bertz CT molecular complexity index is 193. The van der Waals surface area contributed by atoms with Crippen LogP contribution in [0.25, 0.3) is 0 Å². The van der Waals surface area contributed by atoms with Gasteiger partial charge >= 0.3 is 0 Å². The maximum absolute atomic E-state index is 11.8. The summed E-state index contributed by atoms with van der Waals surface area (Å²) in [6.45, 7) is 6.09. The van der Waals surface area contributed by atoms with Crippen molar-refractivity contribution in [2.45, 2.75) is 52.1 Å². The summed E-state index contributed by atoms with van der Waals surface area (Å²) in [7, 11) is 0. The van der Waals surface area contributed by atoms with Crippen LogP contribution in [0.4, 0.5) is 0 Å². The number of carbonyl (C=O) groups is 1. The lowest BCUT2D eigenvalue weighted by molar-refractivity contribution is -0.128. The Hall–Kier alpha value is -0.570. The second kappa shape index (κ2) is 4.78. The quantitative estimate of drug-likeness (QED) is 0.702. The number of nitrogens with one attached hydrogen (secondary N) is 1. The first-order valence-corrected chi connectivity index (χ1v) is 5.58. The smallest absolute Gasteiger partial charge is 0.225 e. The van der Waals surface area contributed by atoms with Gasteiger partial charge in [0, 0.05) is 12.1 Å². The first-order valence-electron chi connectivity index (χ1n) is 5.58. The molecule has 0 aromatic rings. The maximum atomic E-state index is 11.8. The molecule has 1 fully saturated rings. The fourth-order valence-electron chi connectivity index (χ4n) is 2.29. The Morgan fingerprint density at radius 1 is 1.43 bits per heavy atom. The minimum absolute atomic E-state index is 0.0196. The summed E-state index contributed by atoms with van der Waals surface area (Å²) in [5, 5.41) is 2.95. The topological polar surface area (TPSA) is 55.1 Å². The van der Waals surface area contributed by atoms with Crippen molar-refractivity contribution in [1.82, 2.24) is 5.32 Å². The van der Waals surface area contributed by atoms with Crippen LogP contribution in [-0.4, -0.2) is 18.0 Å². The molecule has 3 N–H and O–H groups in total. The van der Waals surface area contributed by atoms with Gasteiger partial charge in [0.15, 0.2) is 0 Å². The Kier molecular flexibility index (Phi) is 3.93. The molecule has 3 unspecified atom stereocenters. The molecule has 1 aliphatic carbocycles. The minimum Gasteiger partial charge on any atom is -0.354 e. The number of amides is 1. The third kappa shape index (κ3) is 2.71. The highest BCUT2D eigenvalue weighted by atomic mass is 16.2. The molecule has 0 spiro atoms. The standard InChI is InChI=1S/C11H22N2O/c1-7(2)13-11(14)10-8(3)5-4-6-9(10)12/h7-10H,4-6,12H2,1-3H3,(H,13,14). The molecule has 0 aromatic heterocycles. The van der Waals surface area contributed by atoms with Gasteiger partial charge in [-0.25, -0.2) is 0 Å². The number of hydrogen-bond donors (Lipinski definition) is 2. The summed E-state index contributed by atoms with van der Waals surface area (Å²) in [6.07, 6.45) is 3.28. The van der Waals surface area contributed by atoms with Gasteiger partial charge < -0.3 is 11.1 Å².